The number of aromatic nitrogens is 1. The van der Waals surface area contributed by atoms with Crippen LogP contribution in [-0.4, -0.2) is 17.4 Å². The molecule has 0 aliphatic carbocycles. The first kappa shape index (κ1) is 15.3. The van der Waals surface area contributed by atoms with Crippen LogP contribution in [0.3, 0.4) is 0 Å². The van der Waals surface area contributed by atoms with Crippen molar-refractivity contribution in [2.45, 2.75) is 26.7 Å². The molecular formula is C19H20N2O2. The van der Waals surface area contributed by atoms with Gasteiger partial charge in [-0.25, -0.2) is 4.98 Å². The van der Waals surface area contributed by atoms with Gasteiger partial charge in [0.1, 0.15) is 5.52 Å². The predicted octanol–water partition coefficient (Wildman–Crippen LogP) is 4.33. The zero-order valence-electron chi connectivity index (χ0n) is 13.4. The van der Waals surface area contributed by atoms with E-state index in [2.05, 4.69) is 17.2 Å². The van der Waals surface area contributed by atoms with Gasteiger partial charge in [-0.2, -0.15) is 0 Å². The lowest BCUT2D eigenvalue weighted by Crippen LogP contribution is -2.24. The predicted molar refractivity (Wildman–Crippen MR) is 91.4 cm³/mol. The van der Waals surface area contributed by atoms with Crippen LogP contribution in [0.1, 0.15) is 35.7 Å². The first-order chi connectivity index (χ1) is 11.2. The minimum absolute atomic E-state index is 0.0692. The third-order valence-electron chi connectivity index (χ3n) is 3.76. The van der Waals surface area contributed by atoms with Gasteiger partial charge in [-0.3, -0.25) is 4.79 Å². The Kier molecular flexibility index (Phi) is 4.42. The normalized spacial score (nSPS) is 10.9. The lowest BCUT2D eigenvalue weighted by atomic mass is 10.1. The Morgan fingerprint density at radius 2 is 1.96 bits per heavy atom. The molecule has 0 fully saturated rings. The number of unbranched alkanes of at least 4 members (excludes halogenated alkanes) is 1. The van der Waals surface area contributed by atoms with Crippen molar-refractivity contribution in [2.24, 2.45) is 0 Å². The average molecular weight is 308 g/mol. The van der Waals surface area contributed by atoms with Crippen LogP contribution in [0.4, 0.5) is 0 Å². The van der Waals surface area contributed by atoms with Crippen molar-refractivity contribution >= 4 is 17.0 Å². The van der Waals surface area contributed by atoms with Crippen molar-refractivity contribution in [2.75, 3.05) is 6.54 Å². The van der Waals surface area contributed by atoms with Gasteiger partial charge in [-0.1, -0.05) is 31.0 Å². The van der Waals surface area contributed by atoms with Crippen molar-refractivity contribution in [1.29, 1.82) is 0 Å². The van der Waals surface area contributed by atoms with E-state index in [-0.39, 0.29) is 5.91 Å². The fourth-order valence-electron chi connectivity index (χ4n) is 2.37. The molecule has 0 saturated heterocycles. The maximum Gasteiger partial charge on any atom is 0.251 e. The van der Waals surface area contributed by atoms with E-state index < -0.39 is 0 Å². The molecular weight excluding hydrogens is 288 g/mol. The largest absolute Gasteiger partial charge is 0.436 e. The number of benzene rings is 2. The van der Waals surface area contributed by atoms with Crippen molar-refractivity contribution in [1.82, 2.24) is 10.3 Å². The first-order valence-electron chi connectivity index (χ1n) is 7.93. The molecule has 3 rings (SSSR count). The zero-order valence-corrected chi connectivity index (χ0v) is 13.4. The van der Waals surface area contributed by atoms with Gasteiger partial charge in [0.05, 0.1) is 0 Å². The minimum Gasteiger partial charge on any atom is -0.436 e. The molecule has 0 atom stereocenters. The van der Waals surface area contributed by atoms with E-state index in [1.54, 1.807) is 18.2 Å². The lowest BCUT2D eigenvalue weighted by Gasteiger charge is -2.03. The number of nitrogens with zero attached hydrogens (tertiary/aromatic N) is 1. The van der Waals surface area contributed by atoms with Crippen molar-refractivity contribution in [3.63, 3.8) is 0 Å². The summed E-state index contributed by atoms with van der Waals surface area (Å²) >= 11 is 0. The third kappa shape index (κ3) is 3.42. The second kappa shape index (κ2) is 6.65. The Balaban J connectivity index is 1.86. The van der Waals surface area contributed by atoms with Crippen molar-refractivity contribution in [3.8, 4) is 11.5 Å². The average Bonchev–Trinajstić information content (AvgIpc) is 2.98. The van der Waals surface area contributed by atoms with Crippen LogP contribution >= 0.6 is 0 Å². The molecule has 0 spiro atoms. The van der Waals surface area contributed by atoms with Gasteiger partial charge in [-0.15, -0.1) is 0 Å². The molecule has 0 saturated carbocycles. The van der Waals surface area contributed by atoms with E-state index >= 15 is 0 Å². The SMILES string of the molecule is CCCCNC(=O)c1ccc2oc(-c3ccc(C)cc3)nc2c1. The van der Waals surface area contributed by atoms with Gasteiger partial charge in [0.2, 0.25) is 5.89 Å². The molecule has 1 aromatic heterocycles. The molecule has 23 heavy (non-hydrogen) atoms. The van der Waals surface area contributed by atoms with Gasteiger partial charge in [0, 0.05) is 17.7 Å². The molecule has 1 N–H and O–H groups in total. The van der Waals surface area contributed by atoms with Gasteiger partial charge in [0.15, 0.2) is 5.58 Å². The Labute approximate surface area is 135 Å². The Morgan fingerprint density at radius 1 is 1.17 bits per heavy atom. The summed E-state index contributed by atoms with van der Waals surface area (Å²) in [6.07, 6.45) is 2.04. The smallest absolute Gasteiger partial charge is 0.251 e. The van der Waals surface area contributed by atoms with E-state index in [1.807, 2.05) is 31.2 Å². The standard InChI is InChI=1S/C19H20N2O2/c1-3-4-11-20-18(22)15-9-10-17-16(12-15)21-19(23-17)14-7-5-13(2)6-8-14/h5-10,12H,3-4,11H2,1-2H3,(H,20,22). The summed E-state index contributed by atoms with van der Waals surface area (Å²) < 4.78 is 5.78. The minimum atomic E-state index is -0.0692. The van der Waals surface area contributed by atoms with Crippen LogP contribution in [0.15, 0.2) is 46.9 Å². The Bertz CT molecular complexity index is 819. The third-order valence-corrected chi connectivity index (χ3v) is 3.76. The molecule has 3 aromatic rings. The molecule has 0 radical (unpaired) electrons. The molecule has 1 amide bonds. The summed E-state index contributed by atoms with van der Waals surface area (Å²) in [6, 6.07) is 13.4. The molecule has 4 nitrogen and oxygen atoms in total. The summed E-state index contributed by atoms with van der Waals surface area (Å²) in [5.74, 6) is 0.503. The van der Waals surface area contributed by atoms with E-state index in [1.165, 1.54) is 5.56 Å². The fraction of sp³-hybridized carbons (Fsp3) is 0.263. The van der Waals surface area contributed by atoms with Crippen LogP contribution in [0.25, 0.3) is 22.6 Å². The van der Waals surface area contributed by atoms with E-state index in [4.69, 9.17) is 4.42 Å². The highest BCUT2D eigenvalue weighted by molar-refractivity contribution is 5.97. The number of amides is 1. The molecule has 0 unspecified atom stereocenters. The maximum absolute atomic E-state index is 12.1. The highest BCUT2D eigenvalue weighted by atomic mass is 16.3. The van der Waals surface area contributed by atoms with Crippen LogP contribution < -0.4 is 5.32 Å². The Morgan fingerprint density at radius 3 is 2.70 bits per heavy atom. The summed E-state index contributed by atoms with van der Waals surface area (Å²) in [5, 5.41) is 2.91. The zero-order chi connectivity index (χ0) is 16.2. The number of fused-ring (bicyclic) bond motifs is 1. The Hall–Kier alpha value is -2.62. The van der Waals surface area contributed by atoms with Gasteiger partial charge in [0.25, 0.3) is 5.91 Å². The fourth-order valence-corrected chi connectivity index (χ4v) is 2.37. The molecule has 4 heteroatoms. The number of aryl methyl sites for hydroxylation is 1. The number of hydrogen-bond donors (Lipinski definition) is 1. The number of oxazole rings is 1. The number of rotatable bonds is 5. The van der Waals surface area contributed by atoms with Gasteiger partial charge in [-0.05, 0) is 43.7 Å². The molecule has 118 valence electrons. The van der Waals surface area contributed by atoms with Gasteiger partial charge >= 0.3 is 0 Å². The molecule has 0 bridgehead atoms. The highest BCUT2D eigenvalue weighted by Crippen LogP contribution is 2.25. The maximum atomic E-state index is 12.1. The number of hydrogen-bond acceptors (Lipinski definition) is 3. The van der Waals surface area contributed by atoms with Crippen LogP contribution in [0, 0.1) is 6.92 Å². The molecule has 2 aromatic carbocycles. The molecule has 0 aliphatic rings. The van der Waals surface area contributed by atoms with E-state index in [0.717, 1.165) is 18.4 Å². The number of nitrogens with one attached hydrogen (secondary N) is 1. The van der Waals surface area contributed by atoms with E-state index in [9.17, 15) is 4.79 Å². The van der Waals surface area contributed by atoms with Crippen molar-refractivity contribution in [3.05, 3.63) is 53.6 Å². The quantitative estimate of drug-likeness (QED) is 0.714. The second-order valence-electron chi connectivity index (χ2n) is 5.68. The monoisotopic (exact) mass is 308 g/mol. The van der Waals surface area contributed by atoms with Gasteiger partial charge < -0.3 is 9.73 Å². The van der Waals surface area contributed by atoms with E-state index in [0.29, 0.717) is 29.1 Å². The summed E-state index contributed by atoms with van der Waals surface area (Å²) in [5.41, 5.74) is 4.11. The number of carbonyl (C=O) groups excluding carboxylic acids is 1. The first-order valence-corrected chi connectivity index (χ1v) is 7.93. The highest BCUT2D eigenvalue weighted by Gasteiger charge is 2.11. The van der Waals surface area contributed by atoms with Crippen LogP contribution in [-0.2, 0) is 0 Å². The summed E-state index contributed by atoms with van der Waals surface area (Å²) in [4.78, 5) is 16.6. The van der Waals surface area contributed by atoms with Crippen LogP contribution in [0.2, 0.25) is 0 Å². The topological polar surface area (TPSA) is 55.1 Å². The lowest BCUT2D eigenvalue weighted by molar-refractivity contribution is 0.0953. The van der Waals surface area contributed by atoms with Crippen molar-refractivity contribution < 1.29 is 9.21 Å². The second-order valence-corrected chi connectivity index (χ2v) is 5.68. The summed E-state index contributed by atoms with van der Waals surface area (Å²) in [6.45, 7) is 4.83. The molecule has 1 heterocycles. The summed E-state index contributed by atoms with van der Waals surface area (Å²) in [7, 11) is 0. The van der Waals surface area contributed by atoms with Crippen LogP contribution in [0.5, 0.6) is 0 Å². The molecule has 0 aliphatic heterocycles. The number of carbonyl (C=O) groups is 1.